The predicted octanol–water partition coefficient (Wildman–Crippen LogP) is 4.17. The van der Waals surface area contributed by atoms with Crippen molar-refractivity contribution in [2.75, 3.05) is 57.6 Å². The smallest absolute Gasteiger partial charge is 0.407 e. The highest BCUT2D eigenvalue weighted by Crippen LogP contribution is 2.29. The number of amides is 3. The second-order valence-corrected chi connectivity index (χ2v) is 10.7. The number of ether oxygens (including phenoxy) is 4. The van der Waals surface area contributed by atoms with Crippen molar-refractivity contribution in [3.63, 3.8) is 0 Å². The van der Waals surface area contributed by atoms with Gasteiger partial charge in [-0.3, -0.25) is 9.59 Å². The van der Waals surface area contributed by atoms with Gasteiger partial charge in [-0.1, -0.05) is 54.6 Å². The molecule has 1 aliphatic rings. The molecular formula is C32H43N3O7. The Hall–Kier alpha value is -3.73. The van der Waals surface area contributed by atoms with Crippen molar-refractivity contribution < 1.29 is 33.3 Å². The molecule has 228 valence electrons. The number of fused-ring (bicyclic) bond motifs is 2. The fourth-order valence-corrected chi connectivity index (χ4v) is 4.16. The summed E-state index contributed by atoms with van der Waals surface area (Å²) in [6.45, 7) is 8.88. The summed E-state index contributed by atoms with van der Waals surface area (Å²) in [7, 11) is 0. The summed E-state index contributed by atoms with van der Waals surface area (Å²) >= 11 is 0. The molecule has 10 nitrogen and oxygen atoms in total. The van der Waals surface area contributed by atoms with Crippen LogP contribution in [0, 0.1) is 0 Å². The van der Waals surface area contributed by atoms with Crippen LogP contribution < -0.4 is 15.5 Å². The molecule has 0 bridgehead atoms. The fourth-order valence-electron chi connectivity index (χ4n) is 4.16. The van der Waals surface area contributed by atoms with Crippen LogP contribution in [0.1, 0.15) is 50.3 Å². The highest BCUT2D eigenvalue weighted by atomic mass is 16.6. The molecule has 0 saturated carbocycles. The molecule has 2 N–H and O–H groups in total. The summed E-state index contributed by atoms with van der Waals surface area (Å²) in [6, 6.07) is 15.8. The Bertz CT molecular complexity index is 1190. The van der Waals surface area contributed by atoms with E-state index in [1.165, 1.54) is 0 Å². The molecule has 2 aromatic carbocycles. The van der Waals surface area contributed by atoms with Crippen LogP contribution in [0.5, 0.6) is 0 Å². The van der Waals surface area contributed by atoms with Crippen LogP contribution in [-0.4, -0.2) is 76.2 Å². The third-order valence-electron chi connectivity index (χ3n) is 6.15. The van der Waals surface area contributed by atoms with Crippen molar-refractivity contribution in [1.29, 1.82) is 0 Å². The van der Waals surface area contributed by atoms with Crippen molar-refractivity contribution >= 4 is 35.7 Å². The van der Waals surface area contributed by atoms with Crippen molar-refractivity contribution in [2.45, 2.75) is 45.8 Å². The van der Waals surface area contributed by atoms with Gasteiger partial charge in [0.15, 0.2) is 0 Å². The van der Waals surface area contributed by atoms with Gasteiger partial charge < -0.3 is 34.5 Å². The molecule has 0 aliphatic carbocycles. The zero-order valence-corrected chi connectivity index (χ0v) is 24.9. The number of nitrogens with one attached hydrogen (secondary N) is 2. The first kappa shape index (κ1) is 32.8. The van der Waals surface area contributed by atoms with E-state index in [9.17, 15) is 14.4 Å². The monoisotopic (exact) mass is 581 g/mol. The largest absolute Gasteiger partial charge is 0.444 e. The van der Waals surface area contributed by atoms with Gasteiger partial charge in [0, 0.05) is 25.9 Å². The van der Waals surface area contributed by atoms with E-state index in [-0.39, 0.29) is 24.7 Å². The molecular weight excluding hydrogens is 538 g/mol. The average Bonchev–Trinajstić information content (AvgIpc) is 2.94. The Morgan fingerprint density at radius 3 is 2.00 bits per heavy atom. The van der Waals surface area contributed by atoms with E-state index in [4.69, 9.17) is 18.9 Å². The van der Waals surface area contributed by atoms with E-state index in [1.54, 1.807) is 25.7 Å². The molecule has 0 fully saturated rings. The number of rotatable bonds is 15. The lowest BCUT2D eigenvalue weighted by Crippen LogP contribution is -2.34. The summed E-state index contributed by atoms with van der Waals surface area (Å²) in [5.41, 5.74) is 3.41. The topological polar surface area (TPSA) is 115 Å². The lowest BCUT2D eigenvalue weighted by molar-refractivity contribution is -0.125. The summed E-state index contributed by atoms with van der Waals surface area (Å²) in [4.78, 5) is 38.9. The molecule has 0 unspecified atom stereocenters. The first-order valence-electron chi connectivity index (χ1n) is 14.3. The maximum atomic E-state index is 13.2. The molecule has 42 heavy (non-hydrogen) atoms. The lowest BCUT2D eigenvalue weighted by atomic mass is 10.0. The summed E-state index contributed by atoms with van der Waals surface area (Å²) in [5, 5.41) is 5.42. The first-order chi connectivity index (χ1) is 20.2. The van der Waals surface area contributed by atoms with E-state index in [0.29, 0.717) is 59.3 Å². The highest BCUT2D eigenvalue weighted by Gasteiger charge is 2.21. The van der Waals surface area contributed by atoms with Crippen LogP contribution in [0.25, 0.3) is 12.2 Å². The van der Waals surface area contributed by atoms with Crippen molar-refractivity contribution in [3.05, 3.63) is 65.2 Å². The minimum absolute atomic E-state index is 0.0978. The third-order valence-corrected chi connectivity index (χ3v) is 6.15. The number of benzene rings is 2. The minimum Gasteiger partial charge on any atom is -0.444 e. The van der Waals surface area contributed by atoms with E-state index < -0.39 is 11.7 Å². The standard InChI is InChI=1S/C32H43N3O7/c1-32(2,3)42-31(38)34-17-19-40-21-23-41-22-20-39-18-16-33-29(36)14-15-30(37)35-24-27-10-5-4-8-25(27)12-13-26-9-6-7-11-28(26)35/h4-13H,14-24H2,1-3H3,(H,33,36)(H,34,38). The number of carbonyl (C=O) groups is 3. The zero-order valence-electron chi connectivity index (χ0n) is 24.9. The summed E-state index contributed by atoms with van der Waals surface area (Å²) < 4.78 is 21.5. The fraction of sp³-hybridized carbons (Fsp3) is 0.469. The second kappa shape index (κ2) is 17.3. The van der Waals surface area contributed by atoms with Gasteiger partial charge in [0.2, 0.25) is 11.8 Å². The molecule has 1 heterocycles. The van der Waals surface area contributed by atoms with Gasteiger partial charge in [-0.2, -0.15) is 0 Å². The number of alkyl carbamates (subject to hydrolysis) is 1. The molecule has 10 heteroatoms. The Morgan fingerprint density at radius 1 is 0.738 bits per heavy atom. The van der Waals surface area contributed by atoms with Gasteiger partial charge in [-0.05, 0) is 43.5 Å². The number of anilines is 1. The number of nitrogens with zero attached hydrogens (tertiary/aromatic N) is 1. The van der Waals surface area contributed by atoms with Gasteiger partial charge in [0.25, 0.3) is 0 Å². The number of para-hydroxylation sites is 1. The van der Waals surface area contributed by atoms with Gasteiger partial charge in [-0.25, -0.2) is 4.79 Å². The van der Waals surface area contributed by atoms with Gasteiger partial charge in [0.05, 0.1) is 51.9 Å². The van der Waals surface area contributed by atoms with Gasteiger partial charge in [0.1, 0.15) is 5.60 Å². The minimum atomic E-state index is -0.528. The van der Waals surface area contributed by atoms with Crippen molar-refractivity contribution in [1.82, 2.24) is 10.6 Å². The van der Waals surface area contributed by atoms with Gasteiger partial charge >= 0.3 is 6.09 Å². The molecule has 0 aromatic heterocycles. The maximum Gasteiger partial charge on any atom is 0.407 e. The Labute approximate surface area is 248 Å². The maximum absolute atomic E-state index is 13.2. The summed E-state index contributed by atoms with van der Waals surface area (Å²) in [5.74, 6) is -0.290. The SMILES string of the molecule is CC(C)(C)OC(=O)NCCOCCOCCOCCNC(=O)CCC(=O)N1Cc2ccccc2C=Cc2ccccc21. The zero-order chi connectivity index (χ0) is 30.2. The predicted molar refractivity (Wildman–Crippen MR) is 162 cm³/mol. The molecule has 0 saturated heterocycles. The van der Waals surface area contributed by atoms with Gasteiger partial charge in [-0.15, -0.1) is 0 Å². The van der Waals surface area contributed by atoms with E-state index >= 15 is 0 Å². The quantitative estimate of drug-likeness (QED) is 0.303. The lowest BCUT2D eigenvalue weighted by Gasteiger charge is -2.27. The van der Waals surface area contributed by atoms with Crippen molar-refractivity contribution in [2.24, 2.45) is 0 Å². The summed E-state index contributed by atoms with van der Waals surface area (Å²) in [6.07, 6.45) is 3.84. The van der Waals surface area contributed by atoms with E-state index in [2.05, 4.69) is 16.7 Å². The van der Waals surface area contributed by atoms with E-state index in [0.717, 1.165) is 22.4 Å². The molecule has 0 radical (unpaired) electrons. The number of hydrogen-bond donors (Lipinski definition) is 2. The average molecular weight is 582 g/mol. The Balaban J connectivity index is 1.23. The molecule has 2 aromatic rings. The molecule has 0 atom stereocenters. The van der Waals surface area contributed by atoms with E-state index in [1.807, 2.05) is 54.6 Å². The van der Waals surface area contributed by atoms with Crippen LogP contribution in [0.2, 0.25) is 0 Å². The molecule has 0 spiro atoms. The van der Waals surface area contributed by atoms with Crippen LogP contribution in [-0.2, 0) is 35.1 Å². The van der Waals surface area contributed by atoms with Crippen LogP contribution >= 0.6 is 0 Å². The van der Waals surface area contributed by atoms with Crippen molar-refractivity contribution in [3.8, 4) is 0 Å². The highest BCUT2D eigenvalue weighted by molar-refractivity contribution is 5.98. The van der Waals surface area contributed by atoms with Crippen LogP contribution in [0.3, 0.4) is 0 Å². The molecule has 3 amide bonds. The first-order valence-corrected chi connectivity index (χ1v) is 14.3. The third kappa shape index (κ3) is 12.0. The van der Waals surface area contributed by atoms with Crippen LogP contribution in [0.15, 0.2) is 48.5 Å². The molecule has 1 aliphatic heterocycles. The normalized spacial score (nSPS) is 12.5. The second-order valence-electron chi connectivity index (χ2n) is 10.7. The number of carbonyl (C=O) groups excluding carboxylic acids is 3. The number of hydrogen-bond acceptors (Lipinski definition) is 7. The Kier molecular flexibility index (Phi) is 13.5. The van der Waals surface area contributed by atoms with Crippen LogP contribution in [0.4, 0.5) is 10.5 Å². The Morgan fingerprint density at radius 2 is 1.31 bits per heavy atom. The molecule has 3 rings (SSSR count).